The lowest BCUT2D eigenvalue weighted by molar-refractivity contribution is -0.121. The van der Waals surface area contributed by atoms with Crippen molar-refractivity contribution in [2.24, 2.45) is 0 Å². The van der Waals surface area contributed by atoms with Gasteiger partial charge in [-0.3, -0.25) is 9.69 Å². The molecule has 1 heterocycles. The summed E-state index contributed by atoms with van der Waals surface area (Å²) in [5.74, 6) is 2.29. The molecule has 0 spiro atoms. The third kappa shape index (κ3) is 5.78. The SMILES string of the molecule is COc1ccc(OC)c(CNC(=O)CCN2Cc3cc(Cl)ccc3OC(C)C2)c1. The molecule has 3 rings (SSSR count). The molecule has 1 aliphatic heterocycles. The molecule has 1 unspecified atom stereocenters. The second-order valence-corrected chi connectivity index (χ2v) is 7.56. The largest absolute Gasteiger partial charge is 0.497 e. The Bertz CT molecular complexity index is 859. The number of methoxy groups -OCH3 is 2. The molecule has 1 atom stereocenters. The van der Waals surface area contributed by atoms with Gasteiger partial charge < -0.3 is 19.5 Å². The van der Waals surface area contributed by atoms with Crippen molar-refractivity contribution in [2.75, 3.05) is 27.3 Å². The van der Waals surface area contributed by atoms with Crippen molar-refractivity contribution in [3.8, 4) is 17.2 Å². The van der Waals surface area contributed by atoms with Gasteiger partial charge in [0.2, 0.25) is 5.91 Å². The van der Waals surface area contributed by atoms with Gasteiger partial charge in [-0.1, -0.05) is 11.6 Å². The predicted molar refractivity (Wildman–Crippen MR) is 113 cm³/mol. The summed E-state index contributed by atoms with van der Waals surface area (Å²) in [7, 11) is 3.22. The van der Waals surface area contributed by atoms with Crippen molar-refractivity contribution in [1.29, 1.82) is 0 Å². The van der Waals surface area contributed by atoms with Gasteiger partial charge in [0.1, 0.15) is 23.4 Å². The number of amides is 1. The van der Waals surface area contributed by atoms with Gasteiger partial charge in [-0.2, -0.15) is 0 Å². The highest BCUT2D eigenvalue weighted by atomic mass is 35.5. The van der Waals surface area contributed by atoms with Crippen LogP contribution in [0.5, 0.6) is 17.2 Å². The Balaban J connectivity index is 1.55. The minimum Gasteiger partial charge on any atom is -0.497 e. The van der Waals surface area contributed by atoms with Crippen molar-refractivity contribution in [3.63, 3.8) is 0 Å². The maximum Gasteiger partial charge on any atom is 0.221 e. The molecule has 0 radical (unpaired) electrons. The maximum absolute atomic E-state index is 12.4. The van der Waals surface area contributed by atoms with Crippen molar-refractivity contribution in [3.05, 3.63) is 52.5 Å². The van der Waals surface area contributed by atoms with Crippen LogP contribution in [0.15, 0.2) is 36.4 Å². The summed E-state index contributed by atoms with van der Waals surface area (Å²) in [4.78, 5) is 14.6. The first-order valence-electron chi connectivity index (χ1n) is 9.63. The third-order valence-corrected chi connectivity index (χ3v) is 5.11. The summed E-state index contributed by atoms with van der Waals surface area (Å²) in [5, 5.41) is 3.65. The Morgan fingerprint density at radius 2 is 2.07 bits per heavy atom. The van der Waals surface area contributed by atoms with Crippen LogP contribution < -0.4 is 19.5 Å². The average molecular weight is 419 g/mol. The topological polar surface area (TPSA) is 60.0 Å². The van der Waals surface area contributed by atoms with Crippen LogP contribution in [-0.4, -0.2) is 44.2 Å². The summed E-state index contributed by atoms with van der Waals surface area (Å²) >= 11 is 6.13. The second kappa shape index (κ2) is 9.85. The van der Waals surface area contributed by atoms with Crippen molar-refractivity contribution < 1.29 is 19.0 Å². The van der Waals surface area contributed by atoms with E-state index < -0.39 is 0 Å². The number of fused-ring (bicyclic) bond motifs is 1. The van der Waals surface area contributed by atoms with Crippen LogP contribution in [0.2, 0.25) is 5.02 Å². The third-order valence-electron chi connectivity index (χ3n) is 4.88. The Morgan fingerprint density at radius 1 is 1.24 bits per heavy atom. The highest BCUT2D eigenvalue weighted by molar-refractivity contribution is 6.30. The minimum absolute atomic E-state index is 0.0148. The van der Waals surface area contributed by atoms with Crippen molar-refractivity contribution >= 4 is 17.5 Å². The Morgan fingerprint density at radius 3 is 2.83 bits per heavy atom. The van der Waals surface area contributed by atoms with E-state index in [2.05, 4.69) is 10.2 Å². The van der Waals surface area contributed by atoms with E-state index in [-0.39, 0.29) is 12.0 Å². The Hall–Kier alpha value is -2.44. The molecular formula is C22H27ClN2O4. The number of benzene rings is 2. The molecule has 0 saturated heterocycles. The van der Waals surface area contributed by atoms with Gasteiger partial charge in [0.25, 0.3) is 0 Å². The van der Waals surface area contributed by atoms with Crippen LogP contribution >= 0.6 is 11.6 Å². The lowest BCUT2D eigenvalue weighted by atomic mass is 10.1. The second-order valence-electron chi connectivity index (χ2n) is 7.12. The number of carbonyl (C=O) groups is 1. The monoisotopic (exact) mass is 418 g/mol. The zero-order chi connectivity index (χ0) is 20.8. The fraction of sp³-hybridized carbons (Fsp3) is 0.409. The zero-order valence-electron chi connectivity index (χ0n) is 17.0. The maximum atomic E-state index is 12.4. The van der Waals surface area contributed by atoms with Crippen molar-refractivity contribution in [2.45, 2.75) is 32.5 Å². The van der Waals surface area contributed by atoms with Gasteiger partial charge >= 0.3 is 0 Å². The summed E-state index contributed by atoms with van der Waals surface area (Å²) in [6.07, 6.45) is 0.441. The number of hydrogen-bond donors (Lipinski definition) is 1. The summed E-state index contributed by atoms with van der Waals surface area (Å²) in [6, 6.07) is 11.2. The Kier molecular flexibility index (Phi) is 7.23. The molecule has 1 aliphatic rings. The van der Waals surface area contributed by atoms with Crippen molar-refractivity contribution in [1.82, 2.24) is 10.2 Å². The number of nitrogens with zero attached hydrogens (tertiary/aromatic N) is 1. The van der Waals surface area contributed by atoms with E-state index in [1.54, 1.807) is 14.2 Å². The van der Waals surface area contributed by atoms with Gasteiger partial charge in [0.15, 0.2) is 0 Å². The van der Waals surface area contributed by atoms with Crippen LogP contribution in [0.4, 0.5) is 0 Å². The van der Waals surface area contributed by atoms with Crippen LogP contribution in [0, 0.1) is 0 Å². The molecule has 0 aromatic heterocycles. The molecule has 156 valence electrons. The van der Waals surface area contributed by atoms with Gasteiger partial charge in [-0.25, -0.2) is 0 Å². The van der Waals surface area contributed by atoms with Crippen LogP contribution in [0.3, 0.4) is 0 Å². The zero-order valence-corrected chi connectivity index (χ0v) is 17.8. The molecule has 0 aliphatic carbocycles. The number of halogens is 1. The van der Waals surface area contributed by atoms with E-state index in [9.17, 15) is 4.79 Å². The summed E-state index contributed by atoms with van der Waals surface area (Å²) < 4.78 is 16.6. The molecule has 7 heteroatoms. The van der Waals surface area contributed by atoms with Crippen LogP contribution in [0.1, 0.15) is 24.5 Å². The number of carbonyl (C=O) groups excluding carboxylic acids is 1. The molecular weight excluding hydrogens is 392 g/mol. The first-order valence-corrected chi connectivity index (χ1v) is 10.0. The predicted octanol–water partition coefficient (Wildman–Crippen LogP) is 3.65. The number of rotatable bonds is 7. The molecule has 0 bridgehead atoms. The van der Waals surface area contributed by atoms with Gasteiger partial charge in [-0.15, -0.1) is 0 Å². The fourth-order valence-corrected chi connectivity index (χ4v) is 3.64. The van der Waals surface area contributed by atoms with E-state index in [4.69, 9.17) is 25.8 Å². The normalized spacial score (nSPS) is 16.3. The van der Waals surface area contributed by atoms with Gasteiger partial charge in [-0.05, 0) is 43.3 Å². The van der Waals surface area contributed by atoms with Gasteiger partial charge in [0, 0.05) is 48.7 Å². The standard InChI is InChI=1S/C22H27ClN2O4/c1-15-13-25(14-17-10-18(23)4-6-21(17)29-15)9-8-22(26)24-12-16-11-19(27-2)5-7-20(16)28-3/h4-7,10-11,15H,8-9,12-14H2,1-3H3,(H,24,26). The average Bonchev–Trinajstić information content (AvgIpc) is 2.87. The number of nitrogens with one attached hydrogen (secondary N) is 1. The highest BCUT2D eigenvalue weighted by Gasteiger charge is 2.21. The van der Waals surface area contributed by atoms with E-state index in [1.165, 1.54) is 0 Å². The first kappa shape index (κ1) is 21.3. The molecule has 29 heavy (non-hydrogen) atoms. The van der Waals surface area contributed by atoms with E-state index in [0.717, 1.165) is 34.9 Å². The Labute approximate surface area is 176 Å². The molecule has 0 fully saturated rings. The number of hydrogen-bond acceptors (Lipinski definition) is 5. The molecule has 1 amide bonds. The lowest BCUT2D eigenvalue weighted by Gasteiger charge is -2.21. The summed E-state index contributed by atoms with van der Waals surface area (Å²) in [5.41, 5.74) is 1.92. The fourth-order valence-electron chi connectivity index (χ4n) is 3.44. The highest BCUT2D eigenvalue weighted by Crippen LogP contribution is 2.28. The smallest absolute Gasteiger partial charge is 0.221 e. The molecule has 2 aromatic carbocycles. The summed E-state index contributed by atoms with van der Waals surface area (Å²) in [6.45, 7) is 4.52. The molecule has 0 saturated carbocycles. The van der Waals surface area contributed by atoms with E-state index in [0.29, 0.717) is 31.1 Å². The van der Waals surface area contributed by atoms with Gasteiger partial charge in [0.05, 0.1) is 14.2 Å². The molecule has 1 N–H and O–H groups in total. The lowest BCUT2D eigenvalue weighted by Crippen LogP contribution is -2.34. The first-order chi connectivity index (χ1) is 14.0. The quantitative estimate of drug-likeness (QED) is 0.743. The number of ether oxygens (including phenoxy) is 3. The van der Waals surface area contributed by atoms with Crippen LogP contribution in [0.25, 0.3) is 0 Å². The van der Waals surface area contributed by atoms with E-state index >= 15 is 0 Å². The molecule has 2 aromatic rings. The van der Waals surface area contributed by atoms with E-state index in [1.807, 2.05) is 43.3 Å². The van der Waals surface area contributed by atoms with Crippen LogP contribution in [-0.2, 0) is 17.9 Å². The minimum atomic E-state index is -0.0148. The molecule has 6 nitrogen and oxygen atoms in total.